The van der Waals surface area contributed by atoms with Crippen LogP contribution in [-0.4, -0.2) is 11.1 Å². The Morgan fingerprint density at radius 3 is 2.75 bits per heavy atom. The van der Waals surface area contributed by atoms with Crippen LogP contribution in [0, 0.1) is 6.20 Å². The van der Waals surface area contributed by atoms with Gasteiger partial charge in [-0.25, -0.2) is 4.79 Å². The second-order valence-corrected chi connectivity index (χ2v) is 1.06. The third-order valence-corrected chi connectivity index (χ3v) is 0.548. The monoisotopic (exact) mass is 111 g/mol. The number of hydrogen-bond acceptors (Lipinski definition) is 3. The van der Waals surface area contributed by atoms with E-state index in [1.54, 1.807) is 0 Å². The van der Waals surface area contributed by atoms with Gasteiger partial charge in [-0.2, -0.15) is 0 Å². The van der Waals surface area contributed by atoms with Crippen LogP contribution in [0.1, 0.15) is 0 Å². The van der Waals surface area contributed by atoms with Crippen molar-refractivity contribution in [1.82, 2.24) is 5.43 Å². The molecular weight excluding hydrogens is 110 g/mol. The number of nitrogens with zero attached hydrogens (tertiary/aromatic N) is 3. The summed E-state index contributed by atoms with van der Waals surface area (Å²) in [6.45, 7) is 0. The van der Waals surface area contributed by atoms with E-state index < -0.39 is 5.97 Å². The summed E-state index contributed by atoms with van der Waals surface area (Å²) in [6.07, 6.45) is 2.06. The standard InChI is InChI=1S/C3HN3O2/c7-3(8)2-1-4-6-5-2/h(H,7,8). The van der Waals surface area contributed by atoms with Crippen LogP contribution in [-0.2, 0) is 4.79 Å². The lowest BCUT2D eigenvalue weighted by molar-refractivity contribution is -0.132. The van der Waals surface area contributed by atoms with Crippen LogP contribution >= 0.6 is 0 Å². The molecule has 0 bridgehead atoms. The van der Waals surface area contributed by atoms with Crippen LogP contribution in [0.4, 0.5) is 0 Å². The van der Waals surface area contributed by atoms with Crippen molar-refractivity contribution in [3.8, 4) is 0 Å². The van der Waals surface area contributed by atoms with Crippen molar-refractivity contribution in [1.29, 1.82) is 0 Å². The Kier molecular flexibility index (Phi) is 0.957. The molecular formula is C3HN3O2. The molecule has 0 atom stereocenters. The number of rotatable bonds is 1. The topological polar surface area (TPSA) is 76.1 Å². The lowest BCUT2D eigenvalue weighted by Gasteiger charge is -1.77. The average Bonchev–Trinajstić information content (AvgIpc) is 2.12. The Morgan fingerprint density at radius 2 is 2.50 bits per heavy atom. The van der Waals surface area contributed by atoms with E-state index in [2.05, 4.69) is 22.0 Å². The zero-order chi connectivity index (χ0) is 5.98. The van der Waals surface area contributed by atoms with E-state index in [1.165, 1.54) is 0 Å². The maximum absolute atomic E-state index is 9.89. The molecule has 0 fully saturated rings. The van der Waals surface area contributed by atoms with Crippen molar-refractivity contribution in [2.45, 2.75) is 0 Å². The Bertz CT molecular complexity index is 171. The molecule has 0 aliphatic carbocycles. The molecule has 1 rings (SSSR count). The molecule has 0 aromatic carbocycles. The Morgan fingerprint density at radius 1 is 1.75 bits per heavy atom. The number of carbonyl (C=O) groups is 1. The third kappa shape index (κ3) is 0.651. The second kappa shape index (κ2) is 1.61. The van der Waals surface area contributed by atoms with Crippen molar-refractivity contribution < 1.29 is 9.90 Å². The first-order chi connectivity index (χ1) is 3.80. The molecule has 0 spiro atoms. The van der Waals surface area contributed by atoms with Gasteiger partial charge < -0.3 is 5.11 Å². The molecule has 5 nitrogen and oxygen atoms in total. The van der Waals surface area contributed by atoms with Gasteiger partial charge in [0.15, 0.2) is 6.20 Å². The molecule has 1 N–H and O–H groups in total. The van der Waals surface area contributed by atoms with Gasteiger partial charge in [-0.3, -0.25) is 0 Å². The highest BCUT2D eigenvalue weighted by atomic mass is 16.4. The summed E-state index contributed by atoms with van der Waals surface area (Å²) >= 11 is 0. The van der Waals surface area contributed by atoms with Crippen LogP contribution in [0.25, 0.3) is 0 Å². The molecule has 8 heavy (non-hydrogen) atoms. The van der Waals surface area contributed by atoms with Crippen LogP contribution in [0.15, 0.2) is 16.0 Å². The van der Waals surface area contributed by atoms with E-state index in [0.717, 1.165) is 0 Å². The smallest absolute Gasteiger partial charge is 0.358 e. The van der Waals surface area contributed by atoms with Crippen molar-refractivity contribution >= 4 is 5.97 Å². The van der Waals surface area contributed by atoms with Gasteiger partial charge in [-0.1, -0.05) is 0 Å². The quantitative estimate of drug-likeness (QED) is 0.504. The largest absolute Gasteiger partial charge is 0.476 e. The first-order valence-corrected chi connectivity index (χ1v) is 1.77. The van der Waals surface area contributed by atoms with Gasteiger partial charge in [-0.05, 0) is 5.22 Å². The van der Waals surface area contributed by atoms with E-state index in [-0.39, 0.29) is 5.70 Å². The highest BCUT2D eigenvalue weighted by molar-refractivity contribution is 5.85. The van der Waals surface area contributed by atoms with Crippen LogP contribution in [0.2, 0.25) is 0 Å². The van der Waals surface area contributed by atoms with E-state index in [0.29, 0.717) is 0 Å². The summed E-state index contributed by atoms with van der Waals surface area (Å²) in [6, 6.07) is 0. The average molecular weight is 111 g/mol. The van der Waals surface area contributed by atoms with Crippen molar-refractivity contribution in [3.63, 3.8) is 0 Å². The molecule has 1 heterocycles. The lowest BCUT2D eigenvalue weighted by Crippen LogP contribution is -1.95. The predicted octanol–water partition coefficient (Wildman–Crippen LogP) is -0.299. The number of hydrogen-bond donors (Lipinski definition) is 1. The van der Waals surface area contributed by atoms with E-state index in [4.69, 9.17) is 5.11 Å². The van der Waals surface area contributed by atoms with E-state index in [1.807, 2.05) is 0 Å². The van der Waals surface area contributed by atoms with E-state index >= 15 is 0 Å². The summed E-state index contributed by atoms with van der Waals surface area (Å²) in [4.78, 5) is 9.89. The van der Waals surface area contributed by atoms with Crippen molar-refractivity contribution in [2.75, 3.05) is 0 Å². The summed E-state index contributed by atoms with van der Waals surface area (Å²) in [5, 5.41) is 14.2. The molecule has 1 aliphatic heterocycles. The van der Waals surface area contributed by atoms with Crippen molar-refractivity contribution in [3.05, 3.63) is 11.9 Å². The highest BCUT2D eigenvalue weighted by Gasteiger charge is 2.10. The number of carboxylic acids is 1. The summed E-state index contributed by atoms with van der Waals surface area (Å²) in [5.41, 5.74) is 2.83. The SMILES string of the molecule is O=C(O)C1=[C][N]N=N1. The highest BCUT2D eigenvalue weighted by Crippen LogP contribution is 2.00. The Balaban J connectivity index is 2.72. The minimum absolute atomic E-state index is 0.245. The molecule has 0 unspecified atom stereocenters. The van der Waals surface area contributed by atoms with Gasteiger partial charge in [0.2, 0.25) is 5.70 Å². The van der Waals surface area contributed by atoms with Gasteiger partial charge in [0.25, 0.3) is 0 Å². The fourth-order valence-electron chi connectivity index (χ4n) is 0.250. The fourth-order valence-corrected chi connectivity index (χ4v) is 0.250. The first kappa shape index (κ1) is 4.76. The maximum Gasteiger partial charge on any atom is 0.358 e. The Labute approximate surface area is 44.7 Å². The van der Waals surface area contributed by atoms with Crippen LogP contribution < -0.4 is 5.43 Å². The lowest BCUT2D eigenvalue weighted by atomic mass is 10.5. The minimum atomic E-state index is -1.16. The van der Waals surface area contributed by atoms with Gasteiger partial charge in [0.1, 0.15) is 0 Å². The second-order valence-electron chi connectivity index (χ2n) is 1.06. The van der Waals surface area contributed by atoms with Crippen molar-refractivity contribution in [2.24, 2.45) is 10.3 Å². The molecule has 40 valence electrons. The van der Waals surface area contributed by atoms with Crippen LogP contribution in [0.5, 0.6) is 0 Å². The Hall–Kier alpha value is -1.39. The zero-order valence-electron chi connectivity index (χ0n) is 3.70. The number of aliphatic carboxylic acids is 1. The summed E-state index contributed by atoms with van der Waals surface area (Å²) in [5.74, 6) is -1.16. The summed E-state index contributed by atoms with van der Waals surface area (Å²) in [7, 11) is 0. The van der Waals surface area contributed by atoms with Gasteiger partial charge in [0, 0.05) is 0 Å². The van der Waals surface area contributed by atoms with Gasteiger partial charge in [0.05, 0.1) is 0 Å². The maximum atomic E-state index is 9.89. The van der Waals surface area contributed by atoms with E-state index in [9.17, 15) is 4.79 Å². The first-order valence-electron chi connectivity index (χ1n) is 1.77. The zero-order valence-corrected chi connectivity index (χ0v) is 3.70. The number of carboxylic acid groups (broad SMARTS) is 1. The predicted molar refractivity (Wildman–Crippen MR) is 21.4 cm³/mol. The molecule has 0 amide bonds. The normalized spacial score (nSPS) is 15.2. The third-order valence-electron chi connectivity index (χ3n) is 0.548. The summed E-state index contributed by atoms with van der Waals surface area (Å²) < 4.78 is 0. The molecule has 5 heteroatoms. The van der Waals surface area contributed by atoms with Gasteiger partial charge >= 0.3 is 5.97 Å². The van der Waals surface area contributed by atoms with Crippen LogP contribution in [0.3, 0.4) is 0 Å². The molecule has 0 saturated heterocycles. The molecule has 0 saturated carbocycles. The molecule has 0 aromatic heterocycles. The fraction of sp³-hybridized carbons (Fsp3) is 0. The van der Waals surface area contributed by atoms with Gasteiger partial charge in [-0.15, -0.1) is 10.5 Å². The molecule has 0 aromatic rings. The minimum Gasteiger partial charge on any atom is -0.476 e. The molecule has 1 aliphatic rings. The molecule has 2 radical (unpaired) electrons.